The summed E-state index contributed by atoms with van der Waals surface area (Å²) in [6.45, 7) is 0. The minimum Gasteiger partial charge on any atom is -0.356 e. The molecule has 88 valence electrons. The van der Waals surface area contributed by atoms with Crippen LogP contribution in [0.25, 0.3) is 0 Å². The molecule has 0 saturated carbocycles. The summed E-state index contributed by atoms with van der Waals surface area (Å²) in [5, 5.41) is 3.76. The highest BCUT2D eigenvalue weighted by Crippen LogP contribution is 2.26. The standard InChI is InChI=1S/C11H7BrCl2N2O/c12-8-2-1-6(13)3-9(8)16-11(17)10-4-7(14)5-15-10/h1-5,15H,(H,16,17). The molecule has 0 bridgehead atoms. The molecule has 0 fully saturated rings. The second-order valence-electron chi connectivity index (χ2n) is 3.31. The lowest BCUT2D eigenvalue weighted by Crippen LogP contribution is -2.12. The van der Waals surface area contributed by atoms with E-state index in [0.717, 1.165) is 4.47 Å². The maximum Gasteiger partial charge on any atom is 0.272 e. The first-order valence-corrected chi connectivity index (χ1v) is 6.21. The third-order valence-electron chi connectivity index (χ3n) is 2.07. The topological polar surface area (TPSA) is 44.9 Å². The van der Waals surface area contributed by atoms with Crippen LogP contribution >= 0.6 is 39.1 Å². The van der Waals surface area contributed by atoms with Crippen LogP contribution in [0.5, 0.6) is 0 Å². The predicted octanol–water partition coefficient (Wildman–Crippen LogP) is 4.34. The Morgan fingerprint density at radius 1 is 1.24 bits per heavy atom. The molecule has 0 unspecified atom stereocenters. The Morgan fingerprint density at radius 3 is 2.65 bits per heavy atom. The van der Waals surface area contributed by atoms with Gasteiger partial charge in [-0.15, -0.1) is 0 Å². The number of halogens is 3. The van der Waals surface area contributed by atoms with Crippen molar-refractivity contribution < 1.29 is 4.79 Å². The van der Waals surface area contributed by atoms with Gasteiger partial charge in [0.2, 0.25) is 0 Å². The van der Waals surface area contributed by atoms with E-state index in [1.807, 2.05) is 0 Å². The highest BCUT2D eigenvalue weighted by atomic mass is 79.9. The molecule has 2 N–H and O–H groups in total. The third kappa shape index (κ3) is 3.03. The van der Waals surface area contributed by atoms with Crippen LogP contribution in [-0.4, -0.2) is 10.9 Å². The summed E-state index contributed by atoms with van der Waals surface area (Å²) in [5.74, 6) is -0.278. The van der Waals surface area contributed by atoms with Gasteiger partial charge >= 0.3 is 0 Å². The fraction of sp³-hybridized carbons (Fsp3) is 0. The van der Waals surface area contributed by atoms with Gasteiger partial charge in [0.05, 0.1) is 10.7 Å². The summed E-state index contributed by atoms with van der Waals surface area (Å²) in [4.78, 5) is 14.6. The van der Waals surface area contributed by atoms with Gasteiger partial charge in [-0.05, 0) is 40.2 Å². The summed E-state index contributed by atoms with van der Waals surface area (Å²) in [6.07, 6.45) is 1.55. The second-order valence-corrected chi connectivity index (χ2v) is 5.04. The van der Waals surface area contributed by atoms with E-state index in [1.54, 1.807) is 30.5 Å². The zero-order valence-corrected chi connectivity index (χ0v) is 11.5. The first kappa shape index (κ1) is 12.5. The molecule has 0 saturated heterocycles. The second kappa shape index (κ2) is 5.12. The Balaban J connectivity index is 2.21. The summed E-state index contributed by atoms with van der Waals surface area (Å²) >= 11 is 14.9. The van der Waals surface area contributed by atoms with Gasteiger partial charge in [-0.1, -0.05) is 23.2 Å². The quantitative estimate of drug-likeness (QED) is 0.843. The van der Waals surface area contributed by atoms with Crippen LogP contribution in [0.4, 0.5) is 5.69 Å². The van der Waals surface area contributed by atoms with E-state index in [9.17, 15) is 4.79 Å². The van der Waals surface area contributed by atoms with E-state index in [0.29, 0.717) is 21.4 Å². The Hall–Kier alpha value is -0.970. The summed E-state index contributed by atoms with van der Waals surface area (Å²) in [7, 11) is 0. The number of H-pyrrole nitrogens is 1. The number of hydrogen-bond donors (Lipinski definition) is 2. The van der Waals surface area contributed by atoms with Crippen molar-refractivity contribution >= 4 is 50.7 Å². The van der Waals surface area contributed by atoms with Gasteiger partial charge in [-0.2, -0.15) is 0 Å². The summed E-state index contributed by atoms with van der Waals surface area (Å²) < 4.78 is 0.757. The lowest BCUT2D eigenvalue weighted by Gasteiger charge is -2.06. The maximum atomic E-state index is 11.8. The highest BCUT2D eigenvalue weighted by molar-refractivity contribution is 9.10. The van der Waals surface area contributed by atoms with E-state index in [1.165, 1.54) is 0 Å². The molecule has 2 aromatic rings. The largest absolute Gasteiger partial charge is 0.356 e. The van der Waals surface area contributed by atoms with Crippen molar-refractivity contribution in [2.45, 2.75) is 0 Å². The Kier molecular flexibility index (Phi) is 3.76. The lowest BCUT2D eigenvalue weighted by molar-refractivity contribution is 0.102. The third-order valence-corrected chi connectivity index (χ3v) is 3.21. The van der Waals surface area contributed by atoms with E-state index in [2.05, 4.69) is 26.2 Å². The Labute approximate surface area is 116 Å². The zero-order chi connectivity index (χ0) is 12.4. The number of nitrogens with one attached hydrogen (secondary N) is 2. The predicted molar refractivity (Wildman–Crippen MR) is 72.9 cm³/mol. The Bertz CT molecular complexity index is 568. The molecule has 1 heterocycles. The molecule has 0 aliphatic rings. The van der Waals surface area contributed by atoms with Crippen molar-refractivity contribution in [3.05, 3.63) is 50.7 Å². The molecular formula is C11H7BrCl2N2O. The number of aromatic nitrogens is 1. The molecule has 2 rings (SSSR count). The van der Waals surface area contributed by atoms with Gasteiger partial charge in [0, 0.05) is 15.7 Å². The van der Waals surface area contributed by atoms with E-state index in [-0.39, 0.29) is 5.91 Å². The van der Waals surface area contributed by atoms with Crippen LogP contribution in [0, 0.1) is 0 Å². The minimum absolute atomic E-state index is 0.278. The molecule has 1 aromatic carbocycles. The van der Waals surface area contributed by atoms with Crippen LogP contribution in [0.3, 0.4) is 0 Å². The van der Waals surface area contributed by atoms with Gasteiger partial charge in [0.15, 0.2) is 0 Å². The van der Waals surface area contributed by atoms with Crippen molar-refractivity contribution in [2.24, 2.45) is 0 Å². The molecule has 1 aromatic heterocycles. The number of carbonyl (C=O) groups excluding carboxylic acids is 1. The first-order valence-electron chi connectivity index (χ1n) is 4.66. The molecule has 0 atom stereocenters. The number of anilines is 1. The Morgan fingerprint density at radius 2 is 2.00 bits per heavy atom. The SMILES string of the molecule is O=C(Nc1cc(Cl)ccc1Br)c1cc(Cl)c[nH]1. The molecule has 0 aliphatic carbocycles. The normalized spacial score (nSPS) is 10.3. The fourth-order valence-corrected chi connectivity index (χ4v) is 1.96. The number of hydrogen-bond acceptors (Lipinski definition) is 1. The average molecular weight is 334 g/mol. The molecule has 6 heteroatoms. The molecule has 3 nitrogen and oxygen atoms in total. The van der Waals surface area contributed by atoms with Crippen LogP contribution in [0.1, 0.15) is 10.5 Å². The van der Waals surface area contributed by atoms with Crippen molar-refractivity contribution in [2.75, 3.05) is 5.32 Å². The zero-order valence-electron chi connectivity index (χ0n) is 8.43. The molecular weight excluding hydrogens is 327 g/mol. The van der Waals surface area contributed by atoms with Crippen molar-refractivity contribution in [1.29, 1.82) is 0 Å². The lowest BCUT2D eigenvalue weighted by atomic mass is 10.3. The first-order chi connectivity index (χ1) is 8.06. The van der Waals surface area contributed by atoms with Gasteiger partial charge in [0.25, 0.3) is 5.91 Å². The van der Waals surface area contributed by atoms with Crippen molar-refractivity contribution in [3.63, 3.8) is 0 Å². The van der Waals surface area contributed by atoms with Crippen LogP contribution in [0.2, 0.25) is 10.0 Å². The molecule has 17 heavy (non-hydrogen) atoms. The minimum atomic E-state index is -0.278. The van der Waals surface area contributed by atoms with Crippen molar-refractivity contribution in [3.8, 4) is 0 Å². The number of rotatable bonds is 2. The fourth-order valence-electron chi connectivity index (χ4n) is 1.28. The maximum absolute atomic E-state index is 11.8. The number of carbonyl (C=O) groups is 1. The van der Waals surface area contributed by atoms with Gasteiger partial charge in [-0.3, -0.25) is 4.79 Å². The molecule has 0 spiro atoms. The number of amides is 1. The monoisotopic (exact) mass is 332 g/mol. The van der Waals surface area contributed by atoms with Crippen LogP contribution < -0.4 is 5.32 Å². The summed E-state index contributed by atoms with van der Waals surface area (Å²) in [6, 6.07) is 6.70. The summed E-state index contributed by atoms with van der Waals surface area (Å²) in [5.41, 5.74) is 0.995. The van der Waals surface area contributed by atoms with Crippen LogP contribution in [-0.2, 0) is 0 Å². The average Bonchev–Trinajstić information content (AvgIpc) is 2.70. The van der Waals surface area contributed by atoms with E-state index in [4.69, 9.17) is 23.2 Å². The van der Waals surface area contributed by atoms with Crippen molar-refractivity contribution in [1.82, 2.24) is 4.98 Å². The van der Waals surface area contributed by atoms with E-state index < -0.39 is 0 Å². The van der Waals surface area contributed by atoms with Gasteiger partial charge in [0.1, 0.15) is 5.69 Å². The van der Waals surface area contributed by atoms with Gasteiger partial charge < -0.3 is 10.3 Å². The number of benzene rings is 1. The molecule has 0 radical (unpaired) electrons. The molecule has 0 aliphatic heterocycles. The highest BCUT2D eigenvalue weighted by Gasteiger charge is 2.10. The van der Waals surface area contributed by atoms with E-state index >= 15 is 0 Å². The van der Waals surface area contributed by atoms with Crippen LogP contribution in [0.15, 0.2) is 34.9 Å². The smallest absolute Gasteiger partial charge is 0.272 e. The molecule has 1 amide bonds. The number of aromatic amines is 1. The van der Waals surface area contributed by atoms with Gasteiger partial charge in [-0.25, -0.2) is 0 Å².